The van der Waals surface area contributed by atoms with Crippen LogP contribution in [0.5, 0.6) is 5.75 Å². The first-order chi connectivity index (χ1) is 5.95. The molecule has 0 fully saturated rings. The normalized spacial score (nSPS) is 11.0. The van der Waals surface area contributed by atoms with E-state index >= 15 is 0 Å². The summed E-state index contributed by atoms with van der Waals surface area (Å²) < 4.78 is 36.8. The van der Waals surface area contributed by atoms with E-state index in [1.54, 1.807) is 0 Å². The van der Waals surface area contributed by atoms with E-state index in [1.165, 1.54) is 12.1 Å². The van der Waals surface area contributed by atoms with E-state index in [0.29, 0.717) is 6.07 Å². The molecule has 0 aromatic heterocycles. The fourth-order valence-electron chi connectivity index (χ4n) is 0.968. The van der Waals surface area contributed by atoms with E-state index in [1.807, 2.05) is 0 Å². The van der Waals surface area contributed by atoms with E-state index in [2.05, 4.69) is 6.47 Å². The molecule has 1 nitrogen and oxygen atoms in total. The van der Waals surface area contributed by atoms with Crippen molar-refractivity contribution in [2.45, 2.75) is 6.18 Å². The van der Waals surface area contributed by atoms with E-state index < -0.39 is 17.5 Å². The molecule has 0 atom stereocenters. The van der Waals surface area contributed by atoms with Crippen LogP contribution in [-0.2, 0) is 6.18 Å². The summed E-state index contributed by atoms with van der Waals surface area (Å²) in [5.74, 6) is -0.405. The average molecular weight is 186 g/mol. The Bertz CT molecular complexity index is 333. The number of alkyl halides is 3. The first-order valence-corrected chi connectivity index (χ1v) is 3.48. The number of phenolic OH excluding ortho intramolecular Hbond substituents is 1. The molecule has 0 aliphatic heterocycles. The van der Waals surface area contributed by atoms with Crippen LogP contribution in [-0.4, -0.2) is 18.5 Å². The number of phenols is 1. The number of benzene rings is 1. The zero-order valence-electron chi connectivity index (χ0n) is 6.60. The van der Waals surface area contributed by atoms with Gasteiger partial charge in [-0.3, -0.25) is 0 Å². The van der Waals surface area contributed by atoms with Gasteiger partial charge in [0, 0.05) is 0 Å². The molecule has 0 unspecified atom stereocenters. The number of rotatable bonds is 1. The Morgan fingerprint density at radius 1 is 1.31 bits per heavy atom. The molecule has 0 saturated heterocycles. The summed E-state index contributed by atoms with van der Waals surface area (Å²) in [6.45, 7) is 4.35. The molecular weight excluding hydrogens is 180 g/mol. The topological polar surface area (TPSA) is 20.2 Å². The minimum atomic E-state index is -4.46. The van der Waals surface area contributed by atoms with Gasteiger partial charge >= 0.3 is 72.8 Å². The molecule has 0 heterocycles. The third kappa shape index (κ3) is 2.11. The van der Waals surface area contributed by atoms with Crippen molar-refractivity contribution in [2.75, 3.05) is 0 Å². The summed E-state index contributed by atoms with van der Waals surface area (Å²) in [5, 5.41) is 8.86. The van der Waals surface area contributed by atoms with E-state index in [9.17, 15) is 13.2 Å². The van der Waals surface area contributed by atoms with Crippen molar-refractivity contribution >= 4 is 18.9 Å². The van der Waals surface area contributed by atoms with Crippen LogP contribution >= 0.6 is 0 Å². The van der Waals surface area contributed by atoms with Crippen LogP contribution in [0.2, 0.25) is 0 Å². The molecule has 0 amide bonds. The van der Waals surface area contributed by atoms with Crippen molar-refractivity contribution in [3.63, 3.8) is 0 Å². The van der Waals surface area contributed by atoms with Gasteiger partial charge in [-0.05, 0) is 0 Å². The van der Waals surface area contributed by atoms with Gasteiger partial charge in [0.2, 0.25) is 0 Å². The zero-order chi connectivity index (χ0) is 10.1. The molecular formula is C8H6BF3O. The Balaban J connectivity index is 3.32. The van der Waals surface area contributed by atoms with Gasteiger partial charge in [0.05, 0.1) is 0 Å². The summed E-state index contributed by atoms with van der Waals surface area (Å²) >= 11 is 0. The molecule has 68 valence electrons. The van der Waals surface area contributed by atoms with E-state index in [-0.39, 0.29) is 5.46 Å². The Morgan fingerprint density at radius 2 is 1.92 bits per heavy atom. The molecule has 0 aliphatic rings. The predicted octanol–water partition coefficient (Wildman–Crippen LogP) is 1.17. The van der Waals surface area contributed by atoms with Crippen LogP contribution in [0.1, 0.15) is 5.56 Å². The zero-order valence-corrected chi connectivity index (χ0v) is 6.60. The van der Waals surface area contributed by atoms with Gasteiger partial charge in [-0.1, -0.05) is 0 Å². The van der Waals surface area contributed by atoms with E-state index in [4.69, 9.17) is 5.11 Å². The Labute approximate surface area is 73.7 Å². The van der Waals surface area contributed by atoms with Crippen LogP contribution in [0.3, 0.4) is 0 Å². The molecule has 1 aromatic carbocycles. The monoisotopic (exact) mass is 186 g/mol. The molecule has 5 heteroatoms. The molecule has 0 aliphatic carbocycles. The summed E-state index contributed by atoms with van der Waals surface area (Å²) in [4.78, 5) is 0. The first kappa shape index (κ1) is 9.83. The van der Waals surface area contributed by atoms with Gasteiger partial charge in [-0.25, -0.2) is 0 Å². The second kappa shape index (κ2) is 3.24. The number of hydrogen-bond donors (Lipinski definition) is 1. The Hall–Kier alpha value is -1.26. The molecule has 13 heavy (non-hydrogen) atoms. The third-order valence-corrected chi connectivity index (χ3v) is 1.56. The first-order valence-electron chi connectivity index (χ1n) is 3.48. The van der Waals surface area contributed by atoms with Crippen LogP contribution in [0, 0.1) is 0 Å². The molecule has 0 spiro atoms. The van der Waals surface area contributed by atoms with Gasteiger partial charge in [-0.2, -0.15) is 0 Å². The van der Waals surface area contributed by atoms with E-state index in [0.717, 1.165) is 6.92 Å². The second-order valence-electron chi connectivity index (χ2n) is 2.47. The predicted molar refractivity (Wildman–Crippen MR) is 45.6 cm³/mol. The Kier molecular flexibility index (Phi) is 2.45. The fourth-order valence-corrected chi connectivity index (χ4v) is 0.968. The minimum absolute atomic E-state index is 0.0368. The fraction of sp³-hybridized carbons (Fsp3) is 0.125. The van der Waals surface area contributed by atoms with Crippen molar-refractivity contribution in [3.05, 3.63) is 23.8 Å². The van der Waals surface area contributed by atoms with Crippen molar-refractivity contribution in [3.8, 4) is 5.75 Å². The summed E-state index contributed by atoms with van der Waals surface area (Å²) in [6, 6.07) is 3.04. The van der Waals surface area contributed by atoms with Crippen LogP contribution in [0.15, 0.2) is 18.2 Å². The van der Waals surface area contributed by atoms with Crippen molar-refractivity contribution in [1.29, 1.82) is 0 Å². The maximum absolute atomic E-state index is 12.3. The maximum atomic E-state index is 12.3. The summed E-state index contributed by atoms with van der Waals surface area (Å²) in [6.07, 6.45) is -4.46. The van der Waals surface area contributed by atoms with Crippen LogP contribution < -0.4 is 5.46 Å². The van der Waals surface area contributed by atoms with Gasteiger partial charge in [-0.15, -0.1) is 0 Å². The van der Waals surface area contributed by atoms with Crippen LogP contribution in [0.25, 0.3) is 0 Å². The molecule has 0 bridgehead atoms. The van der Waals surface area contributed by atoms with Crippen LogP contribution in [0.4, 0.5) is 13.2 Å². The molecule has 1 rings (SSSR count). The quantitative estimate of drug-likeness (QED) is 0.652. The molecule has 1 aromatic rings. The Morgan fingerprint density at radius 3 is 2.38 bits per heavy atom. The number of hydrogen-bond acceptors (Lipinski definition) is 1. The third-order valence-electron chi connectivity index (χ3n) is 1.56. The van der Waals surface area contributed by atoms with Gasteiger partial charge in [0.25, 0.3) is 0 Å². The van der Waals surface area contributed by atoms with Gasteiger partial charge < -0.3 is 0 Å². The molecule has 0 radical (unpaired) electrons. The van der Waals surface area contributed by atoms with Crippen molar-refractivity contribution < 1.29 is 18.3 Å². The number of aromatic hydroxyl groups is 1. The average Bonchev–Trinajstić information content (AvgIpc) is 2.03. The second-order valence-corrected chi connectivity index (χ2v) is 2.47. The van der Waals surface area contributed by atoms with Gasteiger partial charge in [0.1, 0.15) is 0 Å². The van der Waals surface area contributed by atoms with Crippen molar-refractivity contribution in [2.24, 2.45) is 0 Å². The van der Waals surface area contributed by atoms with Crippen molar-refractivity contribution in [1.82, 2.24) is 0 Å². The molecule has 1 N–H and O–H groups in total. The number of halogens is 3. The summed E-state index contributed by atoms with van der Waals surface area (Å²) in [7, 11) is 0. The summed E-state index contributed by atoms with van der Waals surface area (Å²) in [5.41, 5.74) is -0.909. The standard InChI is InChI=1S/C8H6BF3O/c1-9-7-3-2-5(13)4-6(7)8(10,11)12/h2-4,13H,1H2. The van der Waals surface area contributed by atoms with Gasteiger partial charge in [0.15, 0.2) is 0 Å². The SMILES string of the molecule is C=Bc1ccc(O)cc1C(F)(F)F. The molecule has 0 saturated carbocycles.